The van der Waals surface area contributed by atoms with Crippen molar-refractivity contribution in [3.8, 4) is 28.4 Å². The first-order chi connectivity index (χ1) is 24.9. The van der Waals surface area contributed by atoms with Crippen LogP contribution in [0.5, 0.6) is 17.2 Å². The lowest BCUT2D eigenvalue weighted by atomic mass is 9.93. The highest BCUT2D eigenvalue weighted by Gasteiger charge is 2.32. The van der Waals surface area contributed by atoms with Gasteiger partial charge in [0.05, 0.1) is 11.5 Å². The normalized spacial score (nSPS) is 14.3. The molecule has 252 valence electrons. The SMILES string of the molecule is O=C(O)C1Cc2ccccc2CN1Cc1ccc(OCc2cccc(-c3ccccc3)c2Br)cc1Oc1cc(=O)oc2c1ccc1ccccc12. The molecule has 0 bridgehead atoms. The minimum Gasteiger partial charge on any atom is -0.489 e. The molecule has 0 saturated carbocycles. The van der Waals surface area contributed by atoms with Crippen LogP contribution in [0.4, 0.5) is 0 Å². The Kier molecular flexibility index (Phi) is 8.86. The van der Waals surface area contributed by atoms with Crippen LogP contribution in [-0.4, -0.2) is 22.0 Å². The summed E-state index contributed by atoms with van der Waals surface area (Å²) in [6.45, 7) is 1.06. The lowest BCUT2D eigenvalue weighted by molar-refractivity contribution is -0.144. The van der Waals surface area contributed by atoms with Gasteiger partial charge in [0, 0.05) is 40.1 Å². The van der Waals surface area contributed by atoms with E-state index < -0.39 is 17.6 Å². The van der Waals surface area contributed by atoms with Crippen LogP contribution in [0.1, 0.15) is 22.3 Å². The molecule has 0 radical (unpaired) electrons. The first-order valence-electron chi connectivity index (χ1n) is 16.7. The molecule has 8 rings (SSSR count). The topological polar surface area (TPSA) is 89.2 Å². The van der Waals surface area contributed by atoms with Crippen molar-refractivity contribution in [3.63, 3.8) is 0 Å². The van der Waals surface area contributed by atoms with Crippen LogP contribution in [0.2, 0.25) is 0 Å². The van der Waals surface area contributed by atoms with Gasteiger partial charge >= 0.3 is 11.6 Å². The number of rotatable bonds is 9. The average Bonchev–Trinajstić information content (AvgIpc) is 3.15. The lowest BCUT2D eigenvalue weighted by Crippen LogP contribution is -2.45. The van der Waals surface area contributed by atoms with Crippen LogP contribution in [0.25, 0.3) is 32.9 Å². The van der Waals surface area contributed by atoms with Crippen molar-refractivity contribution in [1.29, 1.82) is 0 Å². The molecule has 7 aromatic rings. The van der Waals surface area contributed by atoms with Crippen LogP contribution in [0, 0.1) is 0 Å². The quantitative estimate of drug-likeness (QED) is 0.117. The van der Waals surface area contributed by atoms with Crippen molar-refractivity contribution in [3.05, 3.63) is 171 Å². The summed E-state index contributed by atoms with van der Waals surface area (Å²) in [7, 11) is 0. The molecule has 1 aromatic heterocycles. The van der Waals surface area contributed by atoms with Gasteiger partial charge in [-0.05, 0) is 62.1 Å². The van der Waals surface area contributed by atoms with Crippen molar-refractivity contribution in [2.24, 2.45) is 0 Å². The highest BCUT2D eigenvalue weighted by molar-refractivity contribution is 9.10. The van der Waals surface area contributed by atoms with Gasteiger partial charge in [0.15, 0.2) is 0 Å². The molecule has 0 spiro atoms. The molecule has 1 aliphatic rings. The molecular formula is C43H32BrNO6. The number of benzene rings is 6. The first kappa shape index (κ1) is 32.5. The van der Waals surface area contributed by atoms with Crippen molar-refractivity contribution in [2.45, 2.75) is 32.2 Å². The van der Waals surface area contributed by atoms with Gasteiger partial charge in [0.1, 0.15) is 35.5 Å². The third-order valence-corrected chi connectivity index (χ3v) is 10.4. The zero-order chi connectivity index (χ0) is 34.9. The summed E-state index contributed by atoms with van der Waals surface area (Å²) < 4.78 is 19.6. The summed E-state index contributed by atoms with van der Waals surface area (Å²) in [4.78, 5) is 27.4. The fourth-order valence-corrected chi connectivity index (χ4v) is 7.42. The third kappa shape index (κ3) is 6.64. The highest BCUT2D eigenvalue weighted by Crippen LogP contribution is 2.38. The largest absolute Gasteiger partial charge is 0.489 e. The predicted molar refractivity (Wildman–Crippen MR) is 201 cm³/mol. The number of fused-ring (bicyclic) bond motifs is 4. The van der Waals surface area contributed by atoms with Crippen LogP contribution in [-0.2, 0) is 30.9 Å². The monoisotopic (exact) mass is 737 g/mol. The molecule has 2 heterocycles. The molecule has 0 fully saturated rings. The van der Waals surface area contributed by atoms with E-state index in [1.807, 2.05) is 108 Å². The molecule has 1 aliphatic heterocycles. The van der Waals surface area contributed by atoms with Crippen molar-refractivity contribution in [1.82, 2.24) is 4.90 Å². The van der Waals surface area contributed by atoms with E-state index in [0.29, 0.717) is 47.7 Å². The van der Waals surface area contributed by atoms with Gasteiger partial charge < -0.3 is 19.0 Å². The Bertz CT molecular complexity index is 2480. The second-order valence-electron chi connectivity index (χ2n) is 12.6. The van der Waals surface area contributed by atoms with Gasteiger partial charge in [0.2, 0.25) is 0 Å². The summed E-state index contributed by atoms with van der Waals surface area (Å²) in [5, 5.41) is 12.6. The Hall–Kier alpha value is -5.70. The van der Waals surface area contributed by atoms with E-state index >= 15 is 0 Å². The number of nitrogens with zero attached hydrogens (tertiary/aromatic N) is 1. The maximum absolute atomic E-state index is 12.9. The number of carboxylic acids is 1. The molecular weight excluding hydrogens is 706 g/mol. The predicted octanol–water partition coefficient (Wildman–Crippen LogP) is 9.76. The van der Waals surface area contributed by atoms with Gasteiger partial charge in [-0.25, -0.2) is 4.79 Å². The summed E-state index contributed by atoms with van der Waals surface area (Å²) >= 11 is 3.80. The molecule has 1 unspecified atom stereocenters. The number of carbonyl (C=O) groups is 1. The summed E-state index contributed by atoms with van der Waals surface area (Å²) in [6.07, 6.45) is 0.400. The molecule has 1 N–H and O–H groups in total. The molecule has 0 amide bonds. The number of aliphatic carboxylic acids is 1. The van der Waals surface area contributed by atoms with Crippen LogP contribution in [0.15, 0.2) is 147 Å². The standard InChI is InChI=1S/C43H32BrNO6/c44-41-32(14-8-16-34(41)27-9-2-1-3-10-27)26-49-33-19-17-31(25-45-24-30-13-5-4-12-29(30)21-37(45)43(47)48)38(22-33)50-39-23-40(46)51-42-35-15-7-6-11-28(35)18-20-36(39)42/h1-20,22-23,37H,21,24-26H2,(H,47,48). The molecule has 1 atom stereocenters. The number of halogens is 1. The third-order valence-electron chi connectivity index (χ3n) is 9.42. The van der Waals surface area contributed by atoms with E-state index in [1.54, 1.807) is 6.07 Å². The summed E-state index contributed by atoms with van der Waals surface area (Å²) in [5.74, 6) is 0.464. The maximum atomic E-state index is 12.9. The fraction of sp³-hybridized carbons (Fsp3) is 0.116. The minimum absolute atomic E-state index is 0.286. The summed E-state index contributed by atoms with van der Waals surface area (Å²) in [6, 6.07) is 42.0. The Morgan fingerprint density at radius 1 is 0.784 bits per heavy atom. The first-order valence-corrected chi connectivity index (χ1v) is 17.5. The smallest absolute Gasteiger partial charge is 0.339 e. The zero-order valence-corrected chi connectivity index (χ0v) is 29.0. The van der Waals surface area contributed by atoms with Gasteiger partial charge in [-0.2, -0.15) is 0 Å². The van der Waals surface area contributed by atoms with Crippen molar-refractivity contribution < 1.29 is 23.8 Å². The Morgan fingerprint density at radius 3 is 2.41 bits per heavy atom. The molecule has 8 heteroatoms. The molecule has 0 saturated heterocycles. The second kappa shape index (κ2) is 13.9. The maximum Gasteiger partial charge on any atom is 0.339 e. The van der Waals surface area contributed by atoms with E-state index in [4.69, 9.17) is 13.9 Å². The fourth-order valence-electron chi connectivity index (χ4n) is 6.81. The summed E-state index contributed by atoms with van der Waals surface area (Å²) in [5.41, 5.74) is 5.92. The molecule has 6 aromatic carbocycles. The molecule has 0 aliphatic carbocycles. The van der Waals surface area contributed by atoms with Crippen LogP contribution >= 0.6 is 15.9 Å². The zero-order valence-electron chi connectivity index (χ0n) is 27.4. The van der Waals surface area contributed by atoms with Gasteiger partial charge in [-0.15, -0.1) is 0 Å². The second-order valence-corrected chi connectivity index (χ2v) is 13.4. The van der Waals surface area contributed by atoms with Crippen LogP contribution in [0.3, 0.4) is 0 Å². The number of hydrogen-bond acceptors (Lipinski definition) is 6. The molecule has 7 nitrogen and oxygen atoms in total. The Labute approximate surface area is 302 Å². The highest BCUT2D eigenvalue weighted by atomic mass is 79.9. The van der Waals surface area contributed by atoms with E-state index in [2.05, 4.69) is 34.1 Å². The number of carboxylic acid groups (broad SMARTS) is 1. The van der Waals surface area contributed by atoms with E-state index in [0.717, 1.165) is 48.6 Å². The Morgan fingerprint density at radius 2 is 1.57 bits per heavy atom. The van der Waals surface area contributed by atoms with Gasteiger partial charge in [-0.3, -0.25) is 9.69 Å². The number of ether oxygens (including phenoxy) is 2. The average molecular weight is 739 g/mol. The van der Waals surface area contributed by atoms with E-state index in [1.165, 1.54) is 6.07 Å². The minimum atomic E-state index is -0.881. The van der Waals surface area contributed by atoms with Crippen molar-refractivity contribution in [2.75, 3.05) is 0 Å². The van der Waals surface area contributed by atoms with Crippen molar-refractivity contribution >= 4 is 43.6 Å². The van der Waals surface area contributed by atoms with Gasteiger partial charge in [-0.1, -0.05) is 109 Å². The van der Waals surface area contributed by atoms with Crippen LogP contribution < -0.4 is 15.1 Å². The van der Waals surface area contributed by atoms with Gasteiger partial charge in [0.25, 0.3) is 0 Å². The van der Waals surface area contributed by atoms with E-state index in [9.17, 15) is 14.7 Å². The Balaban J connectivity index is 1.16. The molecule has 51 heavy (non-hydrogen) atoms. The number of hydrogen-bond donors (Lipinski definition) is 1. The lowest BCUT2D eigenvalue weighted by Gasteiger charge is -2.34. The van der Waals surface area contributed by atoms with E-state index in [-0.39, 0.29) is 6.61 Å².